The largest absolute Gasteiger partial charge is 0.497 e. The molecule has 0 radical (unpaired) electrons. The molecule has 0 aliphatic rings. The molecule has 0 bridgehead atoms. The molecule has 0 aliphatic carbocycles. The second-order valence-corrected chi connectivity index (χ2v) is 5.69. The predicted molar refractivity (Wildman–Crippen MR) is 90.3 cm³/mol. The van der Waals surface area contributed by atoms with Crippen LogP contribution < -0.4 is 4.74 Å². The maximum absolute atomic E-state index is 5.33. The summed E-state index contributed by atoms with van der Waals surface area (Å²) in [7, 11) is 1.73. The standard InChI is InChI=1S/C20H26O/c1-5-16-7-9-18(10-8-16)15(3)13-19-11-12-20(21-4)14-17(19)6-2/h7-12,14-15H,5-6,13H2,1-4H3. The average molecular weight is 282 g/mol. The quantitative estimate of drug-likeness (QED) is 0.710. The maximum Gasteiger partial charge on any atom is 0.119 e. The van der Waals surface area contributed by atoms with E-state index >= 15 is 0 Å². The lowest BCUT2D eigenvalue weighted by Crippen LogP contribution is -2.02. The summed E-state index contributed by atoms with van der Waals surface area (Å²) in [6.07, 6.45) is 3.24. The zero-order valence-electron chi connectivity index (χ0n) is 13.6. The molecule has 2 aromatic rings. The number of hydrogen-bond donors (Lipinski definition) is 0. The van der Waals surface area contributed by atoms with Crippen LogP contribution in [0.25, 0.3) is 0 Å². The third kappa shape index (κ3) is 3.87. The molecule has 0 aromatic heterocycles. The van der Waals surface area contributed by atoms with Crippen molar-refractivity contribution in [2.75, 3.05) is 7.11 Å². The van der Waals surface area contributed by atoms with Crippen molar-refractivity contribution in [2.24, 2.45) is 0 Å². The van der Waals surface area contributed by atoms with E-state index in [0.717, 1.165) is 25.0 Å². The number of hydrogen-bond acceptors (Lipinski definition) is 1. The maximum atomic E-state index is 5.33. The van der Waals surface area contributed by atoms with Gasteiger partial charge in [-0.15, -0.1) is 0 Å². The van der Waals surface area contributed by atoms with E-state index in [1.54, 1.807) is 7.11 Å². The molecule has 0 heterocycles. The van der Waals surface area contributed by atoms with Crippen molar-refractivity contribution < 1.29 is 4.74 Å². The van der Waals surface area contributed by atoms with Gasteiger partial charge in [0.25, 0.3) is 0 Å². The van der Waals surface area contributed by atoms with Crippen LogP contribution in [0, 0.1) is 0 Å². The van der Waals surface area contributed by atoms with Crippen LogP contribution in [-0.2, 0) is 19.3 Å². The fourth-order valence-electron chi connectivity index (χ4n) is 2.79. The van der Waals surface area contributed by atoms with Crippen LogP contribution in [0.3, 0.4) is 0 Å². The summed E-state index contributed by atoms with van der Waals surface area (Å²) >= 11 is 0. The summed E-state index contributed by atoms with van der Waals surface area (Å²) < 4.78 is 5.33. The predicted octanol–water partition coefficient (Wildman–Crippen LogP) is 5.17. The summed E-state index contributed by atoms with van der Waals surface area (Å²) in [4.78, 5) is 0. The molecule has 2 rings (SSSR count). The van der Waals surface area contributed by atoms with E-state index in [1.165, 1.54) is 22.3 Å². The third-order valence-corrected chi connectivity index (χ3v) is 4.28. The molecule has 1 nitrogen and oxygen atoms in total. The topological polar surface area (TPSA) is 9.23 Å². The average Bonchev–Trinajstić information content (AvgIpc) is 2.55. The van der Waals surface area contributed by atoms with Gasteiger partial charge in [-0.05, 0) is 59.6 Å². The minimum Gasteiger partial charge on any atom is -0.497 e. The molecule has 1 atom stereocenters. The molecule has 0 spiro atoms. The summed E-state index contributed by atoms with van der Waals surface area (Å²) in [6.45, 7) is 6.72. The van der Waals surface area contributed by atoms with Gasteiger partial charge in [0.1, 0.15) is 5.75 Å². The Kier molecular flexibility index (Phi) is 5.44. The van der Waals surface area contributed by atoms with Gasteiger partial charge in [0, 0.05) is 0 Å². The first-order valence-corrected chi connectivity index (χ1v) is 7.92. The fraction of sp³-hybridized carbons (Fsp3) is 0.400. The van der Waals surface area contributed by atoms with Crippen molar-refractivity contribution in [1.29, 1.82) is 0 Å². The van der Waals surface area contributed by atoms with E-state index in [9.17, 15) is 0 Å². The van der Waals surface area contributed by atoms with E-state index in [4.69, 9.17) is 4.74 Å². The Morgan fingerprint density at radius 1 is 0.905 bits per heavy atom. The van der Waals surface area contributed by atoms with Crippen LogP contribution in [0.5, 0.6) is 5.75 Å². The lowest BCUT2D eigenvalue weighted by Gasteiger charge is -2.16. The third-order valence-electron chi connectivity index (χ3n) is 4.28. The summed E-state index contributed by atoms with van der Waals surface area (Å²) in [5.41, 5.74) is 5.66. The zero-order valence-corrected chi connectivity index (χ0v) is 13.6. The second-order valence-electron chi connectivity index (χ2n) is 5.69. The first-order valence-electron chi connectivity index (χ1n) is 7.92. The van der Waals surface area contributed by atoms with Crippen molar-refractivity contribution in [3.05, 3.63) is 64.7 Å². The summed E-state index contributed by atoms with van der Waals surface area (Å²) in [5.74, 6) is 1.49. The van der Waals surface area contributed by atoms with Gasteiger partial charge >= 0.3 is 0 Å². The molecule has 0 fully saturated rings. The highest BCUT2D eigenvalue weighted by atomic mass is 16.5. The number of rotatable bonds is 6. The fourth-order valence-corrected chi connectivity index (χ4v) is 2.79. The molecule has 0 aliphatic heterocycles. The minimum atomic E-state index is 0.537. The molecule has 0 N–H and O–H groups in total. The summed E-state index contributed by atoms with van der Waals surface area (Å²) in [6, 6.07) is 15.5. The molecule has 1 unspecified atom stereocenters. The van der Waals surface area contributed by atoms with E-state index in [0.29, 0.717) is 5.92 Å². The molecular formula is C20H26O. The second kappa shape index (κ2) is 7.31. The lowest BCUT2D eigenvalue weighted by molar-refractivity contribution is 0.414. The van der Waals surface area contributed by atoms with Crippen molar-refractivity contribution in [3.63, 3.8) is 0 Å². The first-order chi connectivity index (χ1) is 10.2. The number of benzene rings is 2. The van der Waals surface area contributed by atoms with Gasteiger partial charge in [0.2, 0.25) is 0 Å². The Morgan fingerprint density at radius 3 is 2.19 bits per heavy atom. The Hall–Kier alpha value is -1.76. The van der Waals surface area contributed by atoms with Crippen LogP contribution in [0.2, 0.25) is 0 Å². The number of aryl methyl sites for hydroxylation is 2. The van der Waals surface area contributed by atoms with Gasteiger partial charge in [0.05, 0.1) is 7.11 Å². The molecule has 112 valence electrons. The van der Waals surface area contributed by atoms with Crippen molar-refractivity contribution in [2.45, 2.75) is 46.0 Å². The number of methoxy groups -OCH3 is 1. The van der Waals surface area contributed by atoms with Gasteiger partial charge < -0.3 is 4.74 Å². The summed E-state index contributed by atoms with van der Waals surface area (Å²) in [5, 5.41) is 0. The van der Waals surface area contributed by atoms with Crippen molar-refractivity contribution in [3.8, 4) is 5.75 Å². The Morgan fingerprint density at radius 2 is 1.62 bits per heavy atom. The minimum absolute atomic E-state index is 0.537. The highest BCUT2D eigenvalue weighted by Gasteiger charge is 2.10. The zero-order chi connectivity index (χ0) is 15.2. The normalized spacial score (nSPS) is 12.2. The van der Waals surface area contributed by atoms with Crippen molar-refractivity contribution in [1.82, 2.24) is 0 Å². The van der Waals surface area contributed by atoms with Gasteiger partial charge in [-0.3, -0.25) is 0 Å². The van der Waals surface area contributed by atoms with Crippen LogP contribution in [0.1, 0.15) is 48.9 Å². The molecule has 0 amide bonds. The molecule has 2 aromatic carbocycles. The highest BCUT2D eigenvalue weighted by molar-refractivity contribution is 5.37. The smallest absolute Gasteiger partial charge is 0.119 e. The molecule has 1 heteroatoms. The van der Waals surface area contributed by atoms with Gasteiger partial charge in [0.15, 0.2) is 0 Å². The Balaban J connectivity index is 2.16. The Labute approximate surface area is 129 Å². The van der Waals surface area contributed by atoms with Crippen molar-refractivity contribution >= 4 is 0 Å². The van der Waals surface area contributed by atoms with Crippen LogP contribution in [0.15, 0.2) is 42.5 Å². The molecule has 21 heavy (non-hydrogen) atoms. The van der Waals surface area contributed by atoms with Gasteiger partial charge in [-0.2, -0.15) is 0 Å². The Bertz CT molecular complexity index is 569. The monoisotopic (exact) mass is 282 g/mol. The van der Waals surface area contributed by atoms with E-state index in [2.05, 4.69) is 63.2 Å². The van der Waals surface area contributed by atoms with E-state index < -0.39 is 0 Å². The van der Waals surface area contributed by atoms with Crippen LogP contribution >= 0.6 is 0 Å². The van der Waals surface area contributed by atoms with E-state index in [-0.39, 0.29) is 0 Å². The highest BCUT2D eigenvalue weighted by Crippen LogP contribution is 2.25. The van der Waals surface area contributed by atoms with Crippen LogP contribution in [-0.4, -0.2) is 7.11 Å². The number of ether oxygens (including phenoxy) is 1. The molecule has 0 saturated carbocycles. The molecular weight excluding hydrogens is 256 g/mol. The van der Waals surface area contributed by atoms with Crippen LogP contribution in [0.4, 0.5) is 0 Å². The van der Waals surface area contributed by atoms with Gasteiger partial charge in [-0.1, -0.05) is 51.1 Å². The van der Waals surface area contributed by atoms with E-state index in [1.807, 2.05) is 0 Å². The lowest BCUT2D eigenvalue weighted by atomic mass is 9.90. The van der Waals surface area contributed by atoms with Gasteiger partial charge in [-0.25, -0.2) is 0 Å². The SMILES string of the molecule is CCc1ccc(C(C)Cc2ccc(OC)cc2CC)cc1. The first kappa shape index (κ1) is 15.6. The molecule has 0 saturated heterocycles.